The zero-order valence-electron chi connectivity index (χ0n) is 17.2. The molecule has 0 saturated heterocycles. The predicted octanol–water partition coefficient (Wildman–Crippen LogP) is 3.32. The molecule has 0 atom stereocenters. The van der Waals surface area contributed by atoms with Crippen molar-refractivity contribution in [1.82, 2.24) is 5.32 Å². The molecular formula is C21H25ClN2O5S2. The number of carbonyl (C=O) groups excluding carboxylic acids is 1. The highest BCUT2D eigenvalue weighted by molar-refractivity contribution is 7.98. The van der Waals surface area contributed by atoms with Crippen LogP contribution in [0, 0.1) is 0 Å². The van der Waals surface area contributed by atoms with Crippen molar-refractivity contribution < 1.29 is 22.7 Å². The zero-order chi connectivity index (χ0) is 22.3. The average Bonchev–Trinajstić information content (AvgIpc) is 2.78. The van der Waals surface area contributed by atoms with Gasteiger partial charge in [0, 0.05) is 29.1 Å². The van der Waals surface area contributed by atoms with Crippen LogP contribution in [-0.4, -0.2) is 52.1 Å². The number of nitrogens with one attached hydrogen (secondary N) is 1. The Hall–Kier alpha value is -2.10. The molecule has 7 nitrogen and oxygen atoms in total. The molecule has 1 heterocycles. The molecule has 0 radical (unpaired) electrons. The summed E-state index contributed by atoms with van der Waals surface area (Å²) in [6, 6.07) is 12.5. The van der Waals surface area contributed by atoms with Gasteiger partial charge in [-0.05, 0) is 30.7 Å². The van der Waals surface area contributed by atoms with Crippen LogP contribution in [0.5, 0.6) is 11.5 Å². The standard InChI is InChI=1S/C21H25ClN2O5S2/c1-2-31(26,27)24(17-7-8-19-20(13-17)29-11-10-28-19)14-21(25)23-9-12-30-15-16-5-3-4-6-18(16)22/h3-8,13H,2,9-12,14-15H2,1H3,(H,23,25). The van der Waals surface area contributed by atoms with E-state index in [1.807, 2.05) is 24.3 Å². The number of hydrogen-bond donors (Lipinski definition) is 1. The van der Waals surface area contributed by atoms with Crippen molar-refractivity contribution in [2.24, 2.45) is 0 Å². The maximum absolute atomic E-state index is 12.6. The molecule has 168 valence electrons. The molecular weight excluding hydrogens is 460 g/mol. The van der Waals surface area contributed by atoms with E-state index in [1.165, 1.54) is 0 Å². The quantitative estimate of drug-likeness (QED) is 0.521. The summed E-state index contributed by atoms with van der Waals surface area (Å²) < 4.78 is 37.4. The van der Waals surface area contributed by atoms with Crippen molar-refractivity contribution in [1.29, 1.82) is 0 Å². The molecule has 2 aromatic rings. The van der Waals surface area contributed by atoms with Gasteiger partial charge in [0.05, 0.1) is 11.4 Å². The Morgan fingerprint density at radius 2 is 1.90 bits per heavy atom. The van der Waals surface area contributed by atoms with Gasteiger partial charge in [-0.2, -0.15) is 11.8 Å². The van der Waals surface area contributed by atoms with E-state index < -0.39 is 10.0 Å². The Bertz CT molecular complexity index is 1020. The largest absolute Gasteiger partial charge is 0.486 e. The topological polar surface area (TPSA) is 84.9 Å². The smallest absolute Gasteiger partial charge is 0.240 e. The minimum atomic E-state index is -3.65. The molecule has 3 rings (SSSR count). The Morgan fingerprint density at radius 3 is 2.65 bits per heavy atom. The number of benzene rings is 2. The van der Waals surface area contributed by atoms with Crippen LogP contribution in [0.25, 0.3) is 0 Å². The van der Waals surface area contributed by atoms with Crippen molar-refractivity contribution in [3.05, 3.63) is 53.1 Å². The van der Waals surface area contributed by atoms with Crippen LogP contribution in [-0.2, 0) is 20.6 Å². The number of fused-ring (bicyclic) bond motifs is 1. The summed E-state index contributed by atoms with van der Waals surface area (Å²) in [6.07, 6.45) is 0. The second-order valence-electron chi connectivity index (χ2n) is 6.73. The minimum Gasteiger partial charge on any atom is -0.486 e. The van der Waals surface area contributed by atoms with E-state index in [0.717, 1.165) is 20.6 Å². The lowest BCUT2D eigenvalue weighted by Gasteiger charge is -2.25. The van der Waals surface area contributed by atoms with Gasteiger partial charge in [-0.25, -0.2) is 8.42 Å². The highest BCUT2D eigenvalue weighted by Gasteiger charge is 2.25. The Morgan fingerprint density at radius 1 is 1.16 bits per heavy atom. The number of thioether (sulfide) groups is 1. The highest BCUT2D eigenvalue weighted by Crippen LogP contribution is 2.34. The molecule has 0 spiro atoms. The Kier molecular flexibility index (Phi) is 8.34. The van der Waals surface area contributed by atoms with Gasteiger partial charge in [0.25, 0.3) is 0 Å². The Labute approximate surface area is 192 Å². The first-order valence-electron chi connectivity index (χ1n) is 9.88. The fourth-order valence-corrected chi connectivity index (χ4v) is 5.14. The number of ether oxygens (including phenoxy) is 2. The molecule has 0 bridgehead atoms. The number of nitrogens with zero attached hydrogens (tertiary/aromatic N) is 1. The van der Waals surface area contributed by atoms with Gasteiger partial charge in [-0.3, -0.25) is 9.10 Å². The molecule has 0 aromatic heterocycles. The summed E-state index contributed by atoms with van der Waals surface area (Å²) >= 11 is 7.78. The van der Waals surface area contributed by atoms with Gasteiger partial charge in [-0.1, -0.05) is 29.8 Å². The number of sulfonamides is 1. The van der Waals surface area contributed by atoms with Gasteiger partial charge in [-0.15, -0.1) is 0 Å². The number of hydrogen-bond acceptors (Lipinski definition) is 6. The van der Waals surface area contributed by atoms with Crippen LogP contribution in [0.1, 0.15) is 12.5 Å². The van der Waals surface area contributed by atoms with Crippen LogP contribution in [0.2, 0.25) is 5.02 Å². The zero-order valence-corrected chi connectivity index (χ0v) is 19.6. The summed E-state index contributed by atoms with van der Waals surface area (Å²) in [6.45, 7) is 2.51. The van der Waals surface area contributed by atoms with Crippen LogP contribution in [0.4, 0.5) is 5.69 Å². The van der Waals surface area contributed by atoms with Gasteiger partial charge < -0.3 is 14.8 Å². The minimum absolute atomic E-state index is 0.123. The first kappa shape index (κ1) is 23.6. The van der Waals surface area contributed by atoms with Crippen LogP contribution >= 0.6 is 23.4 Å². The fourth-order valence-electron chi connectivity index (χ4n) is 2.94. The third-order valence-electron chi connectivity index (χ3n) is 4.59. The van der Waals surface area contributed by atoms with Crippen molar-refractivity contribution in [2.75, 3.05) is 42.1 Å². The number of anilines is 1. The number of rotatable bonds is 10. The average molecular weight is 485 g/mol. The SMILES string of the molecule is CCS(=O)(=O)N(CC(=O)NCCSCc1ccccc1Cl)c1ccc2c(c1)OCCO2. The Balaban J connectivity index is 1.56. The highest BCUT2D eigenvalue weighted by atomic mass is 35.5. The normalized spacial score (nSPS) is 13.0. The lowest BCUT2D eigenvalue weighted by atomic mass is 10.2. The fraction of sp³-hybridized carbons (Fsp3) is 0.381. The molecule has 2 aromatic carbocycles. The van der Waals surface area contributed by atoms with Crippen LogP contribution in [0.15, 0.2) is 42.5 Å². The van der Waals surface area contributed by atoms with E-state index in [0.29, 0.717) is 42.7 Å². The summed E-state index contributed by atoms with van der Waals surface area (Å²) in [5, 5.41) is 3.51. The van der Waals surface area contributed by atoms with Gasteiger partial charge in [0.2, 0.25) is 15.9 Å². The van der Waals surface area contributed by atoms with Gasteiger partial charge in [0.1, 0.15) is 19.8 Å². The maximum Gasteiger partial charge on any atom is 0.240 e. The first-order chi connectivity index (χ1) is 14.9. The molecule has 1 amide bonds. The number of halogens is 1. The third kappa shape index (κ3) is 6.44. The van der Waals surface area contributed by atoms with E-state index in [4.69, 9.17) is 21.1 Å². The molecule has 1 aliphatic heterocycles. The van der Waals surface area contributed by atoms with E-state index in [1.54, 1.807) is 36.9 Å². The van der Waals surface area contributed by atoms with Crippen molar-refractivity contribution in [3.63, 3.8) is 0 Å². The van der Waals surface area contributed by atoms with Crippen LogP contribution < -0.4 is 19.1 Å². The molecule has 1 aliphatic rings. The summed E-state index contributed by atoms with van der Waals surface area (Å²) in [4.78, 5) is 12.5. The molecule has 1 N–H and O–H groups in total. The van der Waals surface area contributed by atoms with Crippen molar-refractivity contribution >= 4 is 45.0 Å². The lowest BCUT2D eigenvalue weighted by Crippen LogP contribution is -2.42. The maximum atomic E-state index is 12.6. The van der Waals surface area contributed by atoms with E-state index in [-0.39, 0.29) is 18.2 Å². The number of amides is 1. The van der Waals surface area contributed by atoms with Crippen molar-refractivity contribution in [2.45, 2.75) is 12.7 Å². The summed E-state index contributed by atoms with van der Waals surface area (Å²) in [5.41, 5.74) is 1.41. The molecule has 0 aliphatic carbocycles. The second-order valence-corrected chi connectivity index (χ2v) is 10.4. The van der Waals surface area contributed by atoms with E-state index in [9.17, 15) is 13.2 Å². The van der Waals surface area contributed by atoms with Crippen LogP contribution in [0.3, 0.4) is 0 Å². The first-order valence-corrected chi connectivity index (χ1v) is 13.0. The van der Waals surface area contributed by atoms with Crippen molar-refractivity contribution in [3.8, 4) is 11.5 Å². The predicted molar refractivity (Wildman–Crippen MR) is 125 cm³/mol. The summed E-state index contributed by atoms with van der Waals surface area (Å²) in [7, 11) is -3.65. The lowest BCUT2D eigenvalue weighted by molar-refractivity contribution is -0.119. The van der Waals surface area contributed by atoms with Gasteiger partial charge in [0.15, 0.2) is 11.5 Å². The van der Waals surface area contributed by atoms with Gasteiger partial charge >= 0.3 is 0 Å². The molecule has 10 heteroatoms. The summed E-state index contributed by atoms with van der Waals surface area (Å²) in [5.74, 6) is 1.96. The molecule has 31 heavy (non-hydrogen) atoms. The van der Waals surface area contributed by atoms with E-state index >= 15 is 0 Å². The third-order valence-corrected chi connectivity index (χ3v) is 7.70. The molecule has 0 saturated carbocycles. The van der Waals surface area contributed by atoms with E-state index in [2.05, 4.69) is 5.32 Å². The second kappa shape index (κ2) is 11.0. The molecule has 0 unspecified atom stereocenters. The monoisotopic (exact) mass is 484 g/mol. The molecule has 0 fully saturated rings. The number of carbonyl (C=O) groups is 1.